The summed E-state index contributed by atoms with van der Waals surface area (Å²) in [7, 11) is 0. The summed E-state index contributed by atoms with van der Waals surface area (Å²) in [6.45, 7) is -9.05. The maximum Gasteiger partial charge on any atom is 0.217 e. The van der Waals surface area contributed by atoms with Crippen molar-refractivity contribution >= 4 is 11.8 Å². The van der Waals surface area contributed by atoms with Crippen LogP contribution in [-0.4, -0.2) is 491 Å². The maximum atomic E-state index is 12.9. The minimum atomic E-state index is -2.62. The van der Waals surface area contributed by atoms with E-state index in [1.165, 1.54) is 0 Å². The summed E-state index contributed by atoms with van der Waals surface area (Å²) in [5.74, 6) is -1.78. The Morgan fingerprint density at radius 2 is 0.642 bits per heavy atom. The molecule has 0 bridgehead atoms. The van der Waals surface area contributed by atoms with Gasteiger partial charge < -0.3 is 229 Å². The highest BCUT2D eigenvalue weighted by atomic mass is 16.8. The zero-order chi connectivity index (χ0) is 78.4. The van der Waals surface area contributed by atoms with Crippen molar-refractivity contribution in [3.8, 4) is 0 Å². The standard InChI is InChI=1S/C58H100N2O46/c1-13(69)59-15(3-61)26(72)45(16(71)4-62)101-51-25(60-14(2)70)34(80)46(22(10-68)98-51)102-56-44(90)48(33(79)24(99-56)12-92-53-41(87)36(82)28(74)18(6-64)94-53)104-58-50(39(85)31(77)23(100-58)11-91-52-40(86)35(81)27(73)17(5-63)93-52)106-57-49(38(84)30(76)20(8-66)97-57)105-55-43(89)47(32(78)21(9-67)96-55)103-54-42(88)37(83)29(75)19(7-65)95-54/h15-58,61-68,71-90H,3-12H2,1-2H3,(H,59,69)(H,60,70)/t15-,16+,17+,18+,19+,20+,21+,22+,23+,24+,25+,26+,27+,28+,29+,30+,31+,32+,33+,34+,35-,36-,37-,38-,39-,40-,41-,42-,43-,44-,45+,46+,47-,48-,49-,50-,51-,52-,53-,54+,55+,56-,57+,58+/m0/s1. The minimum absolute atomic E-state index is 0.808. The van der Waals surface area contributed by atoms with Crippen LogP contribution in [0.25, 0.3) is 0 Å². The number of nitrogens with one attached hydrogen (secondary N) is 2. The van der Waals surface area contributed by atoms with Crippen molar-refractivity contribution in [2.45, 2.75) is 284 Å². The van der Waals surface area contributed by atoms with Crippen molar-refractivity contribution in [2.24, 2.45) is 0 Å². The van der Waals surface area contributed by atoms with Gasteiger partial charge in [-0.2, -0.15) is 0 Å². The van der Waals surface area contributed by atoms with Gasteiger partial charge in [-0.25, -0.2) is 0 Å². The fraction of sp³-hybridized carbons (Fsp3) is 0.966. The number of aliphatic hydroxyl groups excluding tert-OH is 28. The molecule has 30 N–H and O–H groups in total. The molecule has 0 saturated carbocycles. The Balaban J connectivity index is 1.16. The average Bonchev–Trinajstić information content (AvgIpc) is 0.768. The largest absolute Gasteiger partial charge is 0.394 e. The molecule has 0 aromatic carbocycles. The van der Waals surface area contributed by atoms with Gasteiger partial charge in [-0.15, -0.1) is 0 Å². The molecule has 618 valence electrons. The highest BCUT2D eigenvalue weighted by Gasteiger charge is 2.60. The summed E-state index contributed by atoms with van der Waals surface area (Å²) in [6, 6.07) is -3.61. The minimum Gasteiger partial charge on any atom is -0.394 e. The number of hydrogen-bond donors (Lipinski definition) is 30. The van der Waals surface area contributed by atoms with Crippen molar-refractivity contribution in [1.82, 2.24) is 10.6 Å². The highest BCUT2D eigenvalue weighted by Crippen LogP contribution is 2.39. The first kappa shape index (κ1) is 88.7. The van der Waals surface area contributed by atoms with Crippen molar-refractivity contribution < 1.29 is 228 Å². The van der Waals surface area contributed by atoms with E-state index in [2.05, 4.69) is 10.6 Å². The molecule has 8 rings (SSSR count). The lowest BCUT2D eigenvalue weighted by atomic mass is 9.94. The molecule has 106 heavy (non-hydrogen) atoms. The molecule has 48 heteroatoms. The lowest BCUT2D eigenvalue weighted by molar-refractivity contribution is -0.412. The molecule has 44 atom stereocenters. The molecule has 8 fully saturated rings. The monoisotopic (exact) mass is 1560 g/mol. The third-order valence-electron chi connectivity index (χ3n) is 19.2. The van der Waals surface area contributed by atoms with Crippen LogP contribution in [0.4, 0.5) is 0 Å². The van der Waals surface area contributed by atoms with Gasteiger partial charge in [0, 0.05) is 13.8 Å². The van der Waals surface area contributed by atoms with Crippen LogP contribution in [0.15, 0.2) is 0 Å². The Labute approximate surface area is 599 Å². The number of carbonyl (C=O) groups is 2. The van der Waals surface area contributed by atoms with Gasteiger partial charge in [0.15, 0.2) is 50.3 Å². The van der Waals surface area contributed by atoms with E-state index in [4.69, 9.17) is 75.8 Å². The van der Waals surface area contributed by atoms with E-state index >= 15 is 0 Å². The molecule has 0 spiro atoms. The van der Waals surface area contributed by atoms with E-state index in [9.17, 15) is 153 Å². The summed E-state index contributed by atoms with van der Waals surface area (Å²) >= 11 is 0. The van der Waals surface area contributed by atoms with Crippen LogP contribution in [0, 0.1) is 0 Å². The molecule has 8 aliphatic heterocycles. The van der Waals surface area contributed by atoms with Gasteiger partial charge in [0.1, 0.15) is 214 Å². The van der Waals surface area contributed by atoms with E-state index in [0.29, 0.717) is 0 Å². The van der Waals surface area contributed by atoms with Gasteiger partial charge in [-0.3, -0.25) is 9.59 Å². The van der Waals surface area contributed by atoms with Crippen LogP contribution >= 0.6 is 0 Å². The van der Waals surface area contributed by atoms with Crippen LogP contribution in [0.1, 0.15) is 13.8 Å². The molecule has 2 amide bonds. The molecular weight excluding hydrogens is 1460 g/mol. The Bertz CT molecular complexity index is 2660. The molecule has 0 aromatic rings. The SMILES string of the molecule is CC(=O)N[C@H]1[C@H](O[C@@H]([C@H](O)[C@H](CO)NC(C)=O)[C@H](O)CO)O[C@H](CO)[C@@H](O[C@@H]2O[C@H](CO[C@H]3O[C@H](CO)[C@@H](O)[C@H](O)[C@@H]3O)[C@@H](O)[C@H](O[C@H]3O[C@H](CO[C@H]4O[C@H](CO)[C@@H](O)[C@H](O)[C@@H]4O)[C@@H](O)[C@H](O)[C@@H]3O[C@H]3O[C@H](CO)[C@@H](O)[C@H](O)[C@@H]3O[C@H]3O[C@H](CO)[C@@H](O)[C@H](O[C@H]4O[C@H](CO)[C@@H](O)[C@H](O)[C@@H]4O)[C@@H]3O)[C@@H]2O)[C@@H]1O. The van der Waals surface area contributed by atoms with Crippen molar-refractivity contribution in [1.29, 1.82) is 0 Å². The zero-order valence-corrected chi connectivity index (χ0v) is 56.3. The van der Waals surface area contributed by atoms with E-state index in [1.807, 2.05) is 0 Å². The second-order valence-electron chi connectivity index (χ2n) is 26.5. The molecule has 0 aromatic heterocycles. The molecule has 8 aliphatic rings. The summed E-state index contributed by atoms with van der Waals surface area (Å²) < 4.78 is 93.1. The topological polar surface area (TPSA) is 772 Å². The van der Waals surface area contributed by atoms with Crippen LogP contribution in [0.5, 0.6) is 0 Å². The summed E-state index contributed by atoms with van der Waals surface area (Å²) in [4.78, 5) is 24.9. The first-order valence-corrected chi connectivity index (χ1v) is 33.6. The normalized spacial score (nSPS) is 48.0. The number of hydrogen-bond acceptors (Lipinski definition) is 46. The zero-order valence-electron chi connectivity index (χ0n) is 56.3. The van der Waals surface area contributed by atoms with E-state index in [1.54, 1.807) is 0 Å². The fourth-order valence-corrected chi connectivity index (χ4v) is 13.1. The number of ether oxygens (including phenoxy) is 16. The molecule has 0 radical (unpaired) electrons. The van der Waals surface area contributed by atoms with E-state index < -0.39 is 348 Å². The Hall–Kier alpha value is -2.82. The van der Waals surface area contributed by atoms with Gasteiger partial charge in [0.2, 0.25) is 11.8 Å². The van der Waals surface area contributed by atoms with Gasteiger partial charge in [0.25, 0.3) is 0 Å². The van der Waals surface area contributed by atoms with Crippen molar-refractivity contribution in [3.05, 3.63) is 0 Å². The Morgan fingerprint density at radius 1 is 0.321 bits per heavy atom. The van der Waals surface area contributed by atoms with Crippen molar-refractivity contribution in [2.75, 3.05) is 66.1 Å². The number of carbonyl (C=O) groups excluding carboxylic acids is 2. The first-order valence-electron chi connectivity index (χ1n) is 33.6. The predicted octanol–water partition coefficient (Wildman–Crippen LogP) is -20.7. The smallest absolute Gasteiger partial charge is 0.217 e. The summed E-state index contributed by atoms with van der Waals surface area (Å²) in [5.41, 5.74) is 0. The van der Waals surface area contributed by atoms with Gasteiger partial charge in [0.05, 0.1) is 72.1 Å². The van der Waals surface area contributed by atoms with Crippen LogP contribution in [0.2, 0.25) is 0 Å². The summed E-state index contributed by atoms with van der Waals surface area (Å²) in [5, 5.41) is 311. The third-order valence-corrected chi connectivity index (χ3v) is 19.2. The quantitative estimate of drug-likeness (QED) is 0.0306. The highest BCUT2D eigenvalue weighted by molar-refractivity contribution is 5.73. The van der Waals surface area contributed by atoms with E-state index in [-0.39, 0.29) is 0 Å². The van der Waals surface area contributed by atoms with Gasteiger partial charge >= 0.3 is 0 Å². The molecule has 48 nitrogen and oxygen atoms in total. The first-order chi connectivity index (χ1) is 50.1. The molecule has 0 aliphatic carbocycles. The van der Waals surface area contributed by atoms with Crippen LogP contribution in [-0.2, 0) is 85.4 Å². The lowest BCUT2D eigenvalue weighted by Gasteiger charge is -2.51. The average molecular weight is 1560 g/mol. The second kappa shape index (κ2) is 39.3. The lowest BCUT2D eigenvalue weighted by Crippen LogP contribution is -2.70. The third kappa shape index (κ3) is 19.7. The van der Waals surface area contributed by atoms with Crippen LogP contribution in [0.3, 0.4) is 0 Å². The van der Waals surface area contributed by atoms with E-state index in [0.717, 1.165) is 13.8 Å². The molecule has 0 unspecified atom stereocenters. The number of aliphatic hydroxyl groups is 28. The Kier molecular flexibility index (Phi) is 32.9. The van der Waals surface area contributed by atoms with Crippen LogP contribution < -0.4 is 10.6 Å². The molecule has 8 heterocycles. The second-order valence-corrected chi connectivity index (χ2v) is 26.5. The molecular formula is C58H100N2O46. The maximum absolute atomic E-state index is 12.9. The number of amides is 2. The number of rotatable bonds is 31. The molecule has 8 saturated heterocycles. The van der Waals surface area contributed by atoms with Gasteiger partial charge in [-0.1, -0.05) is 0 Å². The predicted molar refractivity (Wildman–Crippen MR) is 322 cm³/mol. The van der Waals surface area contributed by atoms with Crippen molar-refractivity contribution in [3.63, 3.8) is 0 Å². The summed E-state index contributed by atoms with van der Waals surface area (Å²) in [6.07, 6.45) is -91.0. The van der Waals surface area contributed by atoms with Gasteiger partial charge in [-0.05, 0) is 0 Å². The fourth-order valence-electron chi connectivity index (χ4n) is 13.1. The Morgan fingerprint density at radius 3 is 1.07 bits per heavy atom.